The molecule has 0 aromatic carbocycles. The Bertz CT molecular complexity index is 182. The summed E-state index contributed by atoms with van der Waals surface area (Å²) in [7, 11) is 0. The zero-order valence-electron chi connectivity index (χ0n) is 7.58. The Hall–Kier alpha value is -0.530. The molecule has 3 fully saturated rings. The van der Waals surface area contributed by atoms with Crippen molar-refractivity contribution < 1.29 is 9.53 Å². The van der Waals surface area contributed by atoms with Crippen molar-refractivity contribution in [1.29, 1.82) is 0 Å². The van der Waals surface area contributed by atoms with E-state index < -0.39 is 0 Å². The van der Waals surface area contributed by atoms with E-state index in [4.69, 9.17) is 4.74 Å². The minimum atomic E-state index is 0.00931. The van der Waals surface area contributed by atoms with E-state index in [-0.39, 0.29) is 5.97 Å². The zero-order valence-corrected chi connectivity index (χ0v) is 7.58. The van der Waals surface area contributed by atoms with Crippen LogP contribution in [0.3, 0.4) is 0 Å². The number of rotatable bonds is 3. The summed E-state index contributed by atoms with van der Waals surface area (Å²) in [6.07, 6.45) is 4.71. The van der Waals surface area contributed by atoms with Gasteiger partial charge in [-0.15, -0.1) is 0 Å². The van der Waals surface area contributed by atoms with Gasteiger partial charge in [0.05, 0.1) is 6.61 Å². The Morgan fingerprint density at radius 1 is 1.42 bits per heavy atom. The summed E-state index contributed by atoms with van der Waals surface area (Å²) >= 11 is 0. The maximum Gasteiger partial charge on any atom is 0.306 e. The molecular weight excluding hydrogens is 152 g/mol. The van der Waals surface area contributed by atoms with Gasteiger partial charge in [0.15, 0.2) is 0 Å². The van der Waals surface area contributed by atoms with E-state index in [0.29, 0.717) is 18.9 Å². The minimum Gasteiger partial charge on any atom is -0.466 e. The number of carbonyl (C=O) groups is 1. The smallest absolute Gasteiger partial charge is 0.306 e. The summed E-state index contributed by atoms with van der Waals surface area (Å²) in [5.74, 6) is 2.48. The molecule has 2 nitrogen and oxygen atoms in total. The van der Waals surface area contributed by atoms with Crippen LogP contribution < -0.4 is 0 Å². The maximum atomic E-state index is 11.1. The molecule has 0 saturated heterocycles. The summed E-state index contributed by atoms with van der Waals surface area (Å²) in [5, 5.41) is 0. The van der Waals surface area contributed by atoms with Gasteiger partial charge in [-0.05, 0) is 43.9 Å². The summed E-state index contributed by atoms with van der Waals surface area (Å²) in [6.45, 7) is 2.39. The van der Waals surface area contributed by atoms with E-state index in [0.717, 1.165) is 11.8 Å². The van der Waals surface area contributed by atoms with E-state index in [1.165, 1.54) is 19.3 Å². The highest BCUT2D eigenvalue weighted by Crippen LogP contribution is 2.53. The predicted molar refractivity (Wildman–Crippen MR) is 45.6 cm³/mol. The van der Waals surface area contributed by atoms with Gasteiger partial charge in [-0.25, -0.2) is 0 Å². The first-order valence-corrected chi connectivity index (χ1v) is 4.95. The molecule has 0 radical (unpaired) electrons. The molecule has 3 rings (SSSR count). The predicted octanol–water partition coefficient (Wildman–Crippen LogP) is 1.99. The molecule has 3 aliphatic carbocycles. The van der Waals surface area contributed by atoms with E-state index in [9.17, 15) is 4.79 Å². The van der Waals surface area contributed by atoms with Gasteiger partial charge < -0.3 is 4.74 Å². The standard InChI is InChI=1S/C10H16O2/c1-2-12-10(11)6-9-5-7-3-8(9)4-7/h7-9H,2-6H2,1H3. The molecule has 1 unspecified atom stereocenters. The SMILES string of the molecule is CCOC(=O)CC1CC2CC1C2. The van der Waals surface area contributed by atoms with Gasteiger partial charge in [-0.2, -0.15) is 0 Å². The fourth-order valence-electron chi connectivity index (χ4n) is 2.67. The van der Waals surface area contributed by atoms with Crippen LogP contribution in [0, 0.1) is 17.8 Å². The molecule has 0 spiro atoms. The molecule has 3 aliphatic rings. The molecular formula is C10H16O2. The molecule has 0 aliphatic heterocycles. The Kier molecular flexibility index (Phi) is 2.07. The molecule has 2 heteroatoms. The highest BCUT2D eigenvalue weighted by Gasteiger charge is 2.44. The third kappa shape index (κ3) is 1.35. The van der Waals surface area contributed by atoms with Gasteiger partial charge in [0.1, 0.15) is 0 Å². The fraction of sp³-hybridized carbons (Fsp3) is 0.900. The number of carbonyl (C=O) groups excluding carboxylic acids is 1. The average Bonchev–Trinajstić information content (AvgIpc) is 2.43. The highest BCUT2D eigenvalue weighted by molar-refractivity contribution is 5.69. The summed E-state index contributed by atoms with van der Waals surface area (Å²) in [4.78, 5) is 11.1. The third-order valence-corrected chi connectivity index (χ3v) is 3.31. The number of ether oxygens (including phenoxy) is 1. The van der Waals surface area contributed by atoms with Crippen molar-refractivity contribution in [2.45, 2.75) is 32.6 Å². The number of hydrogen-bond donors (Lipinski definition) is 0. The Balaban J connectivity index is 1.76. The first-order chi connectivity index (χ1) is 5.79. The third-order valence-electron chi connectivity index (χ3n) is 3.31. The van der Waals surface area contributed by atoms with Crippen LogP contribution >= 0.6 is 0 Å². The van der Waals surface area contributed by atoms with E-state index in [2.05, 4.69) is 0 Å². The molecule has 0 heterocycles. The largest absolute Gasteiger partial charge is 0.466 e. The first-order valence-electron chi connectivity index (χ1n) is 4.95. The van der Waals surface area contributed by atoms with Crippen LogP contribution in [0.1, 0.15) is 32.6 Å². The molecule has 12 heavy (non-hydrogen) atoms. The zero-order chi connectivity index (χ0) is 8.55. The number of hydrogen-bond acceptors (Lipinski definition) is 2. The summed E-state index contributed by atoms with van der Waals surface area (Å²) < 4.78 is 4.93. The second-order valence-corrected chi connectivity index (χ2v) is 4.10. The van der Waals surface area contributed by atoms with Crippen LogP contribution in [0.5, 0.6) is 0 Å². The van der Waals surface area contributed by atoms with Crippen molar-refractivity contribution in [3.63, 3.8) is 0 Å². The van der Waals surface area contributed by atoms with Crippen molar-refractivity contribution in [2.75, 3.05) is 6.61 Å². The maximum absolute atomic E-state index is 11.1. The van der Waals surface area contributed by atoms with Gasteiger partial charge in [0.25, 0.3) is 0 Å². The van der Waals surface area contributed by atoms with Crippen molar-refractivity contribution >= 4 is 5.97 Å². The second-order valence-electron chi connectivity index (χ2n) is 4.10. The molecule has 1 atom stereocenters. The molecule has 0 aromatic heterocycles. The van der Waals surface area contributed by atoms with Crippen LogP contribution in [-0.2, 0) is 9.53 Å². The minimum absolute atomic E-state index is 0.00931. The lowest BCUT2D eigenvalue weighted by atomic mass is 9.82. The summed E-state index contributed by atoms with van der Waals surface area (Å²) in [5.41, 5.74) is 0. The van der Waals surface area contributed by atoms with Crippen LogP contribution in [0.4, 0.5) is 0 Å². The molecule has 2 bridgehead atoms. The summed E-state index contributed by atoms with van der Waals surface area (Å²) in [6, 6.07) is 0. The number of esters is 1. The second kappa shape index (κ2) is 3.08. The van der Waals surface area contributed by atoms with Crippen molar-refractivity contribution in [1.82, 2.24) is 0 Å². The molecule has 0 amide bonds. The lowest BCUT2D eigenvalue weighted by Gasteiger charge is -2.24. The monoisotopic (exact) mass is 168 g/mol. The van der Waals surface area contributed by atoms with Gasteiger partial charge in [-0.1, -0.05) is 0 Å². The quantitative estimate of drug-likeness (QED) is 0.602. The van der Waals surface area contributed by atoms with E-state index in [1.54, 1.807) is 0 Å². The van der Waals surface area contributed by atoms with E-state index >= 15 is 0 Å². The molecule has 0 aromatic rings. The molecule has 3 saturated carbocycles. The average molecular weight is 168 g/mol. The van der Waals surface area contributed by atoms with Gasteiger partial charge in [0, 0.05) is 6.42 Å². The Labute approximate surface area is 73.3 Å². The normalized spacial score (nSPS) is 37.6. The first kappa shape index (κ1) is 8.09. The highest BCUT2D eigenvalue weighted by atomic mass is 16.5. The Morgan fingerprint density at radius 2 is 2.17 bits per heavy atom. The van der Waals surface area contributed by atoms with Gasteiger partial charge >= 0.3 is 5.97 Å². The number of fused-ring (bicyclic) bond motifs is 1. The van der Waals surface area contributed by atoms with Crippen LogP contribution in [0.25, 0.3) is 0 Å². The molecule has 68 valence electrons. The van der Waals surface area contributed by atoms with Crippen molar-refractivity contribution in [3.05, 3.63) is 0 Å². The van der Waals surface area contributed by atoms with Crippen molar-refractivity contribution in [3.8, 4) is 0 Å². The lowest BCUT2D eigenvalue weighted by molar-refractivity contribution is -0.144. The van der Waals surface area contributed by atoms with Crippen LogP contribution in [0.15, 0.2) is 0 Å². The fourth-order valence-corrected chi connectivity index (χ4v) is 2.67. The molecule has 0 N–H and O–H groups in total. The van der Waals surface area contributed by atoms with Gasteiger partial charge in [0.2, 0.25) is 0 Å². The van der Waals surface area contributed by atoms with Crippen LogP contribution in [0.2, 0.25) is 0 Å². The van der Waals surface area contributed by atoms with E-state index in [1.807, 2.05) is 6.92 Å². The Morgan fingerprint density at radius 3 is 2.67 bits per heavy atom. The van der Waals surface area contributed by atoms with Gasteiger partial charge in [-0.3, -0.25) is 4.79 Å². The lowest BCUT2D eigenvalue weighted by Crippen LogP contribution is -2.17. The van der Waals surface area contributed by atoms with Crippen molar-refractivity contribution in [2.24, 2.45) is 17.8 Å². The van der Waals surface area contributed by atoms with Crippen LogP contribution in [-0.4, -0.2) is 12.6 Å². The topological polar surface area (TPSA) is 26.3 Å².